The molecule has 0 aliphatic carbocycles. The average molecular weight is 373 g/mol. The van der Waals surface area contributed by atoms with E-state index in [0.717, 1.165) is 5.56 Å². The number of hydrogen-bond donors (Lipinski definition) is 0. The minimum Gasteiger partial charge on any atom is -0.489 e. The summed E-state index contributed by atoms with van der Waals surface area (Å²) in [6.45, 7) is 0.314. The fourth-order valence-corrected chi connectivity index (χ4v) is 2.47. The topological polar surface area (TPSA) is 68.5 Å². The second-order valence-electron chi connectivity index (χ2n) is 5.96. The van der Waals surface area contributed by atoms with E-state index in [4.69, 9.17) is 19.5 Å². The third-order valence-electron chi connectivity index (χ3n) is 3.96. The molecule has 0 radical (unpaired) electrons. The lowest BCUT2D eigenvalue weighted by atomic mass is 10.1. The maximum Gasteiger partial charge on any atom is 0.344 e. The van der Waals surface area contributed by atoms with E-state index in [2.05, 4.69) is 6.07 Å². The number of carbonyl (C=O) groups is 1. The summed E-state index contributed by atoms with van der Waals surface area (Å²) in [6.07, 6.45) is 0. The predicted molar refractivity (Wildman–Crippen MR) is 104 cm³/mol. The van der Waals surface area contributed by atoms with Gasteiger partial charge in [0.15, 0.2) is 6.61 Å². The van der Waals surface area contributed by atoms with Gasteiger partial charge in [-0.2, -0.15) is 5.26 Å². The molecule has 0 aliphatic heterocycles. The van der Waals surface area contributed by atoms with E-state index in [1.807, 2.05) is 30.3 Å². The molecule has 0 N–H and O–H groups in total. The Kier molecular flexibility index (Phi) is 6.64. The fraction of sp³-hybridized carbons (Fsp3) is 0.130. The molecule has 0 saturated carbocycles. The van der Waals surface area contributed by atoms with Gasteiger partial charge in [0.1, 0.15) is 24.7 Å². The molecule has 0 atom stereocenters. The van der Waals surface area contributed by atoms with Crippen molar-refractivity contribution in [3.05, 3.63) is 95.6 Å². The van der Waals surface area contributed by atoms with E-state index in [-0.39, 0.29) is 13.2 Å². The third kappa shape index (κ3) is 5.61. The van der Waals surface area contributed by atoms with Crippen molar-refractivity contribution in [1.29, 1.82) is 5.26 Å². The maximum absolute atomic E-state index is 11.9. The van der Waals surface area contributed by atoms with Gasteiger partial charge < -0.3 is 14.2 Å². The number of hydrogen-bond acceptors (Lipinski definition) is 5. The van der Waals surface area contributed by atoms with Crippen molar-refractivity contribution in [1.82, 2.24) is 0 Å². The van der Waals surface area contributed by atoms with Gasteiger partial charge in [0, 0.05) is 5.56 Å². The van der Waals surface area contributed by atoms with E-state index in [9.17, 15) is 4.79 Å². The van der Waals surface area contributed by atoms with Crippen molar-refractivity contribution in [2.45, 2.75) is 13.2 Å². The number of benzene rings is 3. The molecule has 0 aliphatic rings. The second-order valence-corrected chi connectivity index (χ2v) is 5.96. The molecule has 0 aromatic heterocycles. The molecule has 3 aromatic rings. The molecule has 3 rings (SSSR count). The number of ether oxygens (including phenoxy) is 3. The summed E-state index contributed by atoms with van der Waals surface area (Å²) < 4.78 is 16.3. The van der Waals surface area contributed by atoms with Gasteiger partial charge >= 0.3 is 5.97 Å². The van der Waals surface area contributed by atoms with Crippen molar-refractivity contribution in [3.8, 4) is 17.6 Å². The zero-order chi connectivity index (χ0) is 19.6. The SMILES string of the molecule is N#Cc1ccccc1COC(=O)COc1ccc(OCc2ccccc2)cc1. The molecule has 0 unspecified atom stereocenters. The Morgan fingerprint density at radius 1 is 0.786 bits per heavy atom. The van der Waals surface area contributed by atoms with Gasteiger partial charge in [0.2, 0.25) is 0 Å². The van der Waals surface area contributed by atoms with Gasteiger partial charge in [-0.3, -0.25) is 0 Å². The van der Waals surface area contributed by atoms with Crippen LogP contribution in [-0.4, -0.2) is 12.6 Å². The van der Waals surface area contributed by atoms with Crippen LogP contribution in [0.1, 0.15) is 16.7 Å². The van der Waals surface area contributed by atoms with Crippen LogP contribution >= 0.6 is 0 Å². The highest BCUT2D eigenvalue weighted by Gasteiger charge is 2.07. The summed E-state index contributed by atoms with van der Waals surface area (Å²) in [5.41, 5.74) is 2.24. The smallest absolute Gasteiger partial charge is 0.344 e. The highest BCUT2D eigenvalue weighted by molar-refractivity contribution is 5.71. The van der Waals surface area contributed by atoms with E-state index in [1.165, 1.54) is 0 Å². The number of esters is 1. The third-order valence-corrected chi connectivity index (χ3v) is 3.96. The minimum atomic E-state index is -0.503. The molecule has 0 heterocycles. The summed E-state index contributed by atoms with van der Waals surface area (Å²) in [5, 5.41) is 9.04. The lowest BCUT2D eigenvalue weighted by Gasteiger charge is -2.09. The van der Waals surface area contributed by atoms with Crippen LogP contribution in [-0.2, 0) is 22.7 Å². The number of nitriles is 1. The summed E-state index contributed by atoms with van der Waals surface area (Å²) >= 11 is 0. The summed E-state index contributed by atoms with van der Waals surface area (Å²) in [7, 11) is 0. The molecule has 3 aromatic carbocycles. The summed E-state index contributed by atoms with van der Waals surface area (Å²) in [4.78, 5) is 11.9. The van der Waals surface area contributed by atoms with Crippen molar-refractivity contribution < 1.29 is 19.0 Å². The summed E-state index contributed by atoms with van der Waals surface area (Å²) in [6, 6.07) is 26.0. The van der Waals surface area contributed by atoms with Crippen molar-refractivity contribution >= 4 is 5.97 Å². The van der Waals surface area contributed by atoms with Crippen LogP contribution in [0.3, 0.4) is 0 Å². The quantitative estimate of drug-likeness (QED) is 0.552. The van der Waals surface area contributed by atoms with E-state index in [1.54, 1.807) is 48.5 Å². The first-order chi connectivity index (χ1) is 13.7. The predicted octanol–water partition coefficient (Wildman–Crippen LogP) is 4.26. The van der Waals surface area contributed by atoms with Gasteiger partial charge in [-0.1, -0.05) is 48.5 Å². The second kappa shape index (κ2) is 9.79. The Bertz CT molecular complexity index is 946. The van der Waals surface area contributed by atoms with Crippen LogP contribution in [0.5, 0.6) is 11.5 Å². The van der Waals surface area contributed by atoms with Crippen LogP contribution in [0.4, 0.5) is 0 Å². The molecule has 0 saturated heterocycles. The minimum absolute atomic E-state index is 0.0399. The van der Waals surface area contributed by atoms with Gasteiger partial charge in [0.05, 0.1) is 11.6 Å². The monoisotopic (exact) mass is 373 g/mol. The van der Waals surface area contributed by atoms with Crippen LogP contribution in [0.15, 0.2) is 78.9 Å². The van der Waals surface area contributed by atoms with E-state index >= 15 is 0 Å². The maximum atomic E-state index is 11.9. The zero-order valence-electron chi connectivity index (χ0n) is 15.2. The summed E-state index contributed by atoms with van der Waals surface area (Å²) in [5.74, 6) is 0.755. The number of carbonyl (C=O) groups excluding carboxylic acids is 1. The van der Waals surface area contributed by atoms with Gasteiger partial charge in [-0.15, -0.1) is 0 Å². The molecular formula is C23H19NO4. The lowest BCUT2D eigenvalue weighted by molar-refractivity contribution is -0.147. The Hall–Kier alpha value is -3.78. The van der Waals surface area contributed by atoms with Crippen LogP contribution < -0.4 is 9.47 Å². The molecule has 0 spiro atoms. The Morgan fingerprint density at radius 2 is 1.43 bits per heavy atom. The zero-order valence-corrected chi connectivity index (χ0v) is 15.2. The Morgan fingerprint density at radius 3 is 2.14 bits per heavy atom. The largest absolute Gasteiger partial charge is 0.489 e. The van der Waals surface area contributed by atoms with E-state index in [0.29, 0.717) is 29.2 Å². The standard InChI is InChI=1S/C23H19NO4/c24-14-19-8-4-5-9-20(19)16-28-23(25)17-27-22-12-10-21(11-13-22)26-15-18-6-2-1-3-7-18/h1-13H,15-17H2. The van der Waals surface area contributed by atoms with Crippen LogP contribution in [0.2, 0.25) is 0 Å². The number of nitrogens with zero attached hydrogens (tertiary/aromatic N) is 1. The molecule has 5 heteroatoms. The molecule has 28 heavy (non-hydrogen) atoms. The Balaban J connectivity index is 1.43. The highest BCUT2D eigenvalue weighted by Crippen LogP contribution is 2.19. The first-order valence-corrected chi connectivity index (χ1v) is 8.78. The number of rotatable bonds is 8. The molecule has 0 fully saturated rings. The molecule has 5 nitrogen and oxygen atoms in total. The molecule has 0 amide bonds. The van der Waals surface area contributed by atoms with Gasteiger partial charge in [-0.25, -0.2) is 4.79 Å². The highest BCUT2D eigenvalue weighted by atomic mass is 16.6. The van der Waals surface area contributed by atoms with Crippen LogP contribution in [0, 0.1) is 11.3 Å². The van der Waals surface area contributed by atoms with Crippen molar-refractivity contribution in [2.75, 3.05) is 6.61 Å². The van der Waals surface area contributed by atoms with Crippen LogP contribution in [0.25, 0.3) is 0 Å². The molecule has 0 bridgehead atoms. The van der Waals surface area contributed by atoms with Gasteiger partial charge in [-0.05, 0) is 35.9 Å². The Labute approximate surface area is 163 Å². The lowest BCUT2D eigenvalue weighted by Crippen LogP contribution is -2.15. The molecule has 140 valence electrons. The fourth-order valence-electron chi connectivity index (χ4n) is 2.47. The van der Waals surface area contributed by atoms with Crippen molar-refractivity contribution in [2.24, 2.45) is 0 Å². The van der Waals surface area contributed by atoms with Gasteiger partial charge in [0.25, 0.3) is 0 Å². The average Bonchev–Trinajstić information content (AvgIpc) is 2.76. The molecular weight excluding hydrogens is 354 g/mol. The van der Waals surface area contributed by atoms with Crippen molar-refractivity contribution in [3.63, 3.8) is 0 Å². The normalized spacial score (nSPS) is 9.96. The first kappa shape index (κ1) is 19.0. The van der Waals surface area contributed by atoms with E-state index < -0.39 is 5.97 Å². The first-order valence-electron chi connectivity index (χ1n) is 8.78.